The number of nitrogens with one attached hydrogen (secondary N) is 1. The molecule has 8 nitrogen and oxygen atoms in total. The van der Waals surface area contributed by atoms with Crippen LogP contribution in [0, 0.1) is 0 Å². The number of unbranched alkanes of at least 4 members (excludes halogenated alkanes) is 19. The number of likely N-dealkylation sites (N-methyl/N-ethyl adjacent to an activating group) is 1. The number of hydrogen-bond donors (Lipinski definition) is 2. The summed E-state index contributed by atoms with van der Waals surface area (Å²) >= 11 is 0. The molecular formula is C61H105N2O6P. The number of carbonyl (C=O) groups is 1. The number of amides is 1. The molecule has 0 aromatic rings. The van der Waals surface area contributed by atoms with E-state index in [1.165, 1.54) is 96.3 Å². The van der Waals surface area contributed by atoms with E-state index in [1.54, 1.807) is 6.08 Å². The quantitative estimate of drug-likeness (QED) is 0.0272. The smallest absolute Gasteiger partial charge is 0.268 e. The van der Waals surface area contributed by atoms with Gasteiger partial charge in [-0.2, -0.15) is 0 Å². The minimum atomic E-state index is -4.60. The highest BCUT2D eigenvalue weighted by atomic mass is 31.2. The molecule has 1 amide bonds. The van der Waals surface area contributed by atoms with E-state index in [9.17, 15) is 19.4 Å². The van der Waals surface area contributed by atoms with E-state index in [4.69, 9.17) is 9.05 Å². The number of aliphatic hydroxyl groups is 1. The molecular weight excluding hydrogens is 888 g/mol. The zero-order chi connectivity index (χ0) is 51.3. The maximum Gasteiger partial charge on any atom is 0.268 e. The van der Waals surface area contributed by atoms with Gasteiger partial charge in [-0.05, 0) is 96.8 Å². The minimum Gasteiger partial charge on any atom is -0.756 e. The van der Waals surface area contributed by atoms with Crippen LogP contribution in [-0.2, 0) is 18.4 Å². The Hall–Kier alpha value is -3.10. The van der Waals surface area contributed by atoms with Crippen LogP contribution < -0.4 is 10.2 Å². The lowest BCUT2D eigenvalue weighted by Crippen LogP contribution is -2.45. The number of nitrogens with zero attached hydrogens (tertiary/aromatic N) is 1. The van der Waals surface area contributed by atoms with Gasteiger partial charge in [0.2, 0.25) is 5.91 Å². The van der Waals surface area contributed by atoms with Gasteiger partial charge >= 0.3 is 0 Å². The number of hydrogen-bond acceptors (Lipinski definition) is 6. The second kappa shape index (κ2) is 50.8. The summed E-state index contributed by atoms with van der Waals surface area (Å²) in [5.41, 5.74) is 0. The van der Waals surface area contributed by atoms with Crippen molar-refractivity contribution >= 4 is 13.7 Å². The van der Waals surface area contributed by atoms with E-state index in [-0.39, 0.29) is 12.5 Å². The van der Waals surface area contributed by atoms with Gasteiger partial charge in [-0.15, -0.1) is 0 Å². The van der Waals surface area contributed by atoms with Gasteiger partial charge in [-0.3, -0.25) is 9.36 Å². The molecule has 0 aromatic carbocycles. The molecule has 0 bridgehead atoms. The van der Waals surface area contributed by atoms with Gasteiger partial charge in [-0.25, -0.2) is 0 Å². The molecule has 0 fully saturated rings. The molecule has 0 aliphatic rings. The highest BCUT2D eigenvalue weighted by molar-refractivity contribution is 7.45. The Labute approximate surface area is 431 Å². The third-order valence-electron chi connectivity index (χ3n) is 11.7. The Balaban J connectivity index is 3.93. The van der Waals surface area contributed by atoms with Crippen molar-refractivity contribution in [3.63, 3.8) is 0 Å². The first-order valence-electron chi connectivity index (χ1n) is 27.9. The lowest BCUT2D eigenvalue weighted by Gasteiger charge is -2.29. The van der Waals surface area contributed by atoms with Gasteiger partial charge in [0.05, 0.1) is 39.9 Å². The van der Waals surface area contributed by atoms with E-state index < -0.39 is 26.6 Å². The van der Waals surface area contributed by atoms with Gasteiger partial charge < -0.3 is 28.8 Å². The van der Waals surface area contributed by atoms with Crippen LogP contribution in [0.3, 0.4) is 0 Å². The van der Waals surface area contributed by atoms with Crippen molar-refractivity contribution in [2.75, 3.05) is 40.9 Å². The normalized spacial score (nSPS) is 14.9. The van der Waals surface area contributed by atoms with E-state index in [0.717, 1.165) is 89.9 Å². The van der Waals surface area contributed by atoms with Crippen LogP contribution in [0.1, 0.15) is 206 Å². The molecule has 0 rings (SSSR count). The molecule has 70 heavy (non-hydrogen) atoms. The number of phosphoric acid groups is 1. The Morgan fingerprint density at radius 2 is 0.900 bits per heavy atom. The number of allylic oxidation sites excluding steroid dienone is 19. The summed E-state index contributed by atoms with van der Waals surface area (Å²) in [5.74, 6) is -0.218. The van der Waals surface area contributed by atoms with Crippen LogP contribution in [0.2, 0.25) is 0 Å². The second-order valence-corrected chi connectivity index (χ2v) is 21.0. The molecule has 0 aromatic heterocycles. The summed E-state index contributed by atoms with van der Waals surface area (Å²) in [7, 11) is 1.22. The maximum atomic E-state index is 12.9. The van der Waals surface area contributed by atoms with Crippen LogP contribution in [0.5, 0.6) is 0 Å². The van der Waals surface area contributed by atoms with Gasteiger partial charge in [-0.1, -0.05) is 225 Å². The Morgan fingerprint density at radius 3 is 1.33 bits per heavy atom. The molecule has 0 heterocycles. The second-order valence-electron chi connectivity index (χ2n) is 19.5. The molecule has 9 heteroatoms. The standard InChI is InChI=1S/C61H105N2O6P/c1-6-8-10-12-14-16-17-18-19-20-21-22-23-24-25-26-27-28-29-30-31-32-33-34-35-36-37-38-39-40-41-42-43-44-45-47-49-51-53-55-61(65)62-59(58-69-70(66,67)68-57-56-63(3,4)5)60(64)54-52-50-48-46-15-13-11-9-7-2/h7-10,14-16,18-19,21-22,24-25,27-28,30-31,46,52,54,59-60,64H,6,11-13,17,20,23,26,29,32-45,47-51,53,55-58H2,1-5H3,(H-,62,65,66,67)/b9-7+,10-8-,16-14-,19-18-,22-21-,25-24-,28-27-,31-30-,46-15+,54-52+. The lowest BCUT2D eigenvalue weighted by atomic mass is 10.0. The van der Waals surface area contributed by atoms with Crippen molar-refractivity contribution in [2.45, 2.75) is 219 Å². The van der Waals surface area contributed by atoms with E-state index in [2.05, 4.69) is 116 Å². The van der Waals surface area contributed by atoms with Crippen LogP contribution in [0.15, 0.2) is 122 Å². The first kappa shape index (κ1) is 66.9. The summed E-state index contributed by atoms with van der Waals surface area (Å²) < 4.78 is 23.2. The molecule has 400 valence electrons. The van der Waals surface area contributed by atoms with Crippen molar-refractivity contribution in [1.29, 1.82) is 0 Å². The Morgan fingerprint density at radius 1 is 0.529 bits per heavy atom. The number of carbonyl (C=O) groups excluding carboxylic acids is 1. The third kappa shape index (κ3) is 52.7. The fraction of sp³-hybridized carbons (Fsp3) is 0.656. The van der Waals surface area contributed by atoms with Gasteiger partial charge in [0.25, 0.3) is 7.82 Å². The number of quaternary nitrogens is 1. The predicted octanol–water partition coefficient (Wildman–Crippen LogP) is 16.3. The minimum absolute atomic E-state index is 0.0135. The fourth-order valence-electron chi connectivity index (χ4n) is 7.41. The number of phosphoric ester groups is 1. The van der Waals surface area contributed by atoms with E-state index in [0.29, 0.717) is 17.4 Å². The van der Waals surface area contributed by atoms with Gasteiger partial charge in [0.1, 0.15) is 13.2 Å². The first-order valence-corrected chi connectivity index (χ1v) is 29.3. The van der Waals surface area contributed by atoms with Gasteiger partial charge in [0.15, 0.2) is 0 Å². The monoisotopic (exact) mass is 993 g/mol. The topological polar surface area (TPSA) is 108 Å². The summed E-state index contributed by atoms with van der Waals surface area (Å²) in [5, 5.41) is 13.7. The highest BCUT2D eigenvalue weighted by Crippen LogP contribution is 2.38. The molecule has 3 unspecified atom stereocenters. The number of rotatable bonds is 49. The molecule has 0 aliphatic carbocycles. The zero-order valence-corrected chi connectivity index (χ0v) is 46.3. The highest BCUT2D eigenvalue weighted by Gasteiger charge is 2.23. The van der Waals surface area contributed by atoms with Crippen LogP contribution >= 0.6 is 7.82 Å². The largest absolute Gasteiger partial charge is 0.756 e. The molecule has 2 N–H and O–H groups in total. The van der Waals surface area contributed by atoms with Crippen LogP contribution in [-0.4, -0.2) is 68.5 Å². The average molecular weight is 993 g/mol. The maximum absolute atomic E-state index is 12.9. The predicted molar refractivity (Wildman–Crippen MR) is 302 cm³/mol. The SMILES string of the molecule is C/C=C/CC/C=C/CC/C=C/C(O)C(COP(=O)([O-])OCC[N+](C)(C)C)NC(=O)CCCCCCCCCCCCCCCCCCC/C=C\C/C=C\C/C=C\C/C=C\C/C=C\C/C=C\C/C=C\CC. The molecule has 0 saturated carbocycles. The van der Waals surface area contributed by atoms with Crippen molar-refractivity contribution in [3.8, 4) is 0 Å². The fourth-order valence-corrected chi connectivity index (χ4v) is 8.13. The summed E-state index contributed by atoms with van der Waals surface area (Å²) in [6.07, 6.45) is 76.1. The van der Waals surface area contributed by atoms with Crippen molar-refractivity contribution in [3.05, 3.63) is 122 Å². The Kier molecular flexibility index (Phi) is 48.6. The summed E-state index contributed by atoms with van der Waals surface area (Å²) in [4.78, 5) is 25.3. The molecule has 0 radical (unpaired) electrons. The molecule has 0 aliphatic heterocycles. The van der Waals surface area contributed by atoms with Crippen LogP contribution in [0.4, 0.5) is 0 Å². The average Bonchev–Trinajstić information content (AvgIpc) is 3.32. The zero-order valence-electron chi connectivity index (χ0n) is 45.4. The molecule has 0 saturated heterocycles. The summed E-state index contributed by atoms with van der Waals surface area (Å²) in [6, 6.07) is -0.913. The van der Waals surface area contributed by atoms with E-state index >= 15 is 0 Å². The van der Waals surface area contributed by atoms with E-state index in [1.807, 2.05) is 40.2 Å². The summed E-state index contributed by atoms with van der Waals surface area (Å²) in [6.45, 7) is 4.25. The number of aliphatic hydroxyl groups excluding tert-OH is 1. The molecule has 0 spiro atoms. The van der Waals surface area contributed by atoms with Gasteiger partial charge in [0, 0.05) is 6.42 Å². The third-order valence-corrected chi connectivity index (χ3v) is 12.7. The van der Waals surface area contributed by atoms with Crippen molar-refractivity contribution in [2.24, 2.45) is 0 Å². The van der Waals surface area contributed by atoms with Crippen LogP contribution in [0.25, 0.3) is 0 Å². The first-order chi connectivity index (χ1) is 34.0. The lowest BCUT2D eigenvalue weighted by molar-refractivity contribution is -0.870. The molecule has 3 atom stereocenters. The van der Waals surface area contributed by atoms with Crippen molar-refractivity contribution < 1.29 is 32.9 Å². The van der Waals surface area contributed by atoms with Crippen molar-refractivity contribution in [1.82, 2.24) is 5.32 Å². The Bertz CT molecular complexity index is 1550.